The maximum atomic E-state index is 11.1. The number of carbonyl (C=O) groups is 1. The van der Waals surface area contributed by atoms with Gasteiger partial charge in [0.25, 0.3) is 0 Å². The summed E-state index contributed by atoms with van der Waals surface area (Å²) in [6.45, 7) is 6.90. The molecule has 0 bridgehead atoms. The van der Waals surface area contributed by atoms with Gasteiger partial charge >= 0.3 is 5.97 Å². The number of methoxy groups -OCH3 is 1. The summed E-state index contributed by atoms with van der Waals surface area (Å²) in [5.41, 5.74) is 2.45. The molecule has 1 unspecified atom stereocenters. The third-order valence-electron chi connectivity index (χ3n) is 2.84. The Kier molecular flexibility index (Phi) is 7.52. The van der Waals surface area contributed by atoms with Crippen LogP contribution in [0.1, 0.15) is 30.9 Å². The van der Waals surface area contributed by atoms with E-state index in [1.54, 1.807) is 11.8 Å². The Balaban J connectivity index is 2.17. The maximum absolute atomic E-state index is 11.1. The van der Waals surface area contributed by atoms with Crippen LogP contribution in [0.15, 0.2) is 18.2 Å². The first-order valence-electron chi connectivity index (χ1n) is 6.90. The van der Waals surface area contributed by atoms with Crippen LogP contribution in [0.25, 0.3) is 0 Å². The summed E-state index contributed by atoms with van der Waals surface area (Å²) in [7, 11) is 1.43. The average molecular weight is 296 g/mol. The van der Waals surface area contributed by atoms with Gasteiger partial charge in [-0.3, -0.25) is 4.79 Å². The molecule has 0 radical (unpaired) electrons. The SMILES string of the molecule is COC(=O)CC(C)SCCCOc1cc(C)cc(C)c1. The first kappa shape index (κ1) is 16.9. The van der Waals surface area contributed by atoms with Crippen LogP contribution in [-0.2, 0) is 9.53 Å². The fourth-order valence-corrected chi connectivity index (χ4v) is 2.87. The fraction of sp³-hybridized carbons (Fsp3) is 0.562. The molecule has 0 fully saturated rings. The molecular weight excluding hydrogens is 272 g/mol. The molecule has 0 saturated heterocycles. The van der Waals surface area contributed by atoms with Crippen molar-refractivity contribution in [3.05, 3.63) is 29.3 Å². The Morgan fingerprint density at radius 2 is 1.90 bits per heavy atom. The molecule has 0 aliphatic rings. The second-order valence-corrected chi connectivity index (χ2v) is 6.53. The third-order valence-corrected chi connectivity index (χ3v) is 4.10. The Bertz CT molecular complexity index is 411. The molecule has 1 rings (SSSR count). The van der Waals surface area contributed by atoms with E-state index < -0.39 is 0 Å². The van der Waals surface area contributed by atoms with Crippen molar-refractivity contribution in [3.8, 4) is 5.75 Å². The highest BCUT2D eigenvalue weighted by atomic mass is 32.2. The molecule has 4 heteroatoms. The standard InChI is InChI=1S/C16H24O3S/c1-12-8-13(2)10-15(9-12)19-6-5-7-20-14(3)11-16(17)18-4/h8-10,14H,5-7,11H2,1-4H3. The van der Waals surface area contributed by atoms with Crippen LogP contribution in [0.3, 0.4) is 0 Å². The molecule has 1 aromatic rings. The lowest BCUT2D eigenvalue weighted by Crippen LogP contribution is -2.09. The molecule has 0 spiro atoms. The molecule has 112 valence electrons. The minimum atomic E-state index is -0.142. The van der Waals surface area contributed by atoms with Gasteiger partial charge in [-0.1, -0.05) is 13.0 Å². The topological polar surface area (TPSA) is 35.5 Å². The van der Waals surface area contributed by atoms with Crippen molar-refractivity contribution in [3.63, 3.8) is 0 Å². The summed E-state index contributed by atoms with van der Waals surface area (Å²) >= 11 is 1.78. The molecule has 0 heterocycles. The van der Waals surface area contributed by atoms with Gasteiger partial charge in [0.15, 0.2) is 0 Å². The van der Waals surface area contributed by atoms with Crippen LogP contribution >= 0.6 is 11.8 Å². The normalized spacial score (nSPS) is 12.0. The van der Waals surface area contributed by atoms with Gasteiger partial charge in [0.2, 0.25) is 0 Å². The predicted octanol–water partition coefficient (Wildman–Crippen LogP) is 3.76. The quantitative estimate of drug-likeness (QED) is 0.540. The summed E-state index contributed by atoms with van der Waals surface area (Å²) in [6, 6.07) is 6.25. The number of hydrogen-bond donors (Lipinski definition) is 0. The number of benzene rings is 1. The van der Waals surface area contributed by atoms with Crippen LogP contribution in [-0.4, -0.2) is 30.7 Å². The van der Waals surface area contributed by atoms with E-state index in [-0.39, 0.29) is 5.97 Å². The summed E-state index contributed by atoms with van der Waals surface area (Å²) in [5, 5.41) is 0.295. The van der Waals surface area contributed by atoms with E-state index in [1.165, 1.54) is 18.2 Å². The Hall–Kier alpha value is -1.16. The van der Waals surface area contributed by atoms with Gasteiger partial charge in [0.05, 0.1) is 20.1 Å². The molecule has 0 saturated carbocycles. The molecule has 0 aromatic heterocycles. The minimum Gasteiger partial charge on any atom is -0.494 e. The van der Waals surface area contributed by atoms with Crippen molar-refractivity contribution in [2.75, 3.05) is 19.5 Å². The van der Waals surface area contributed by atoms with Crippen molar-refractivity contribution in [2.24, 2.45) is 0 Å². The lowest BCUT2D eigenvalue weighted by molar-refractivity contribution is -0.140. The molecule has 3 nitrogen and oxygen atoms in total. The molecule has 0 aliphatic carbocycles. The van der Waals surface area contributed by atoms with Crippen molar-refractivity contribution in [1.29, 1.82) is 0 Å². The first-order valence-corrected chi connectivity index (χ1v) is 7.95. The van der Waals surface area contributed by atoms with Crippen LogP contribution < -0.4 is 4.74 Å². The van der Waals surface area contributed by atoms with E-state index in [1.807, 2.05) is 6.92 Å². The van der Waals surface area contributed by atoms with Crippen LogP contribution in [0.5, 0.6) is 5.75 Å². The number of hydrogen-bond acceptors (Lipinski definition) is 4. The van der Waals surface area contributed by atoms with E-state index in [0.29, 0.717) is 18.3 Å². The van der Waals surface area contributed by atoms with Crippen LogP contribution in [0.4, 0.5) is 0 Å². The van der Waals surface area contributed by atoms with E-state index in [9.17, 15) is 4.79 Å². The van der Waals surface area contributed by atoms with Gasteiger partial charge in [-0.25, -0.2) is 0 Å². The Morgan fingerprint density at radius 1 is 1.25 bits per heavy atom. The summed E-state index contributed by atoms with van der Waals surface area (Å²) in [4.78, 5) is 11.1. The predicted molar refractivity (Wildman–Crippen MR) is 84.6 cm³/mol. The molecule has 1 aromatic carbocycles. The van der Waals surface area contributed by atoms with Crippen molar-refractivity contribution in [2.45, 2.75) is 38.9 Å². The largest absolute Gasteiger partial charge is 0.494 e. The molecule has 0 aliphatic heterocycles. The van der Waals surface area contributed by atoms with E-state index in [2.05, 4.69) is 36.8 Å². The zero-order chi connectivity index (χ0) is 15.0. The second-order valence-electron chi connectivity index (χ2n) is 4.99. The number of carbonyl (C=O) groups excluding carboxylic acids is 1. The van der Waals surface area contributed by atoms with E-state index in [0.717, 1.165) is 17.9 Å². The van der Waals surface area contributed by atoms with Crippen LogP contribution in [0, 0.1) is 13.8 Å². The first-order chi connectivity index (χ1) is 9.51. The van der Waals surface area contributed by atoms with Crippen LogP contribution in [0.2, 0.25) is 0 Å². The lowest BCUT2D eigenvalue weighted by atomic mass is 10.1. The highest BCUT2D eigenvalue weighted by Crippen LogP contribution is 2.18. The van der Waals surface area contributed by atoms with Gasteiger partial charge in [-0.15, -0.1) is 0 Å². The summed E-state index contributed by atoms with van der Waals surface area (Å²) in [5.74, 6) is 1.79. The number of ether oxygens (including phenoxy) is 2. The Labute approximate surface area is 126 Å². The van der Waals surface area contributed by atoms with E-state index >= 15 is 0 Å². The monoisotopic (exact) mass is 296 g/mol. The van der Waals surface area contributed by atoms with Crippen molar-refractivity contribution >= 4 is 17.7 Å². The smallest absolute Gasteiger partial charge is 0.306 e. The number of esters is 1. The maximum Gasteiger partial charge on any atom is 0.306 e. The van der Waals surface area contributed by atoms with Gasteiger partial charge in [-0.2, -0.15) is 11.8 Å². The number of aryl methyl sites for hydroxylation is 2. The van der Waals surface area contributed by atoms with E-state index in [4.69, 9.17) is 4.74 Å². The molecular formula is C16H24O3S. The molecule has 20 heavy (non-hydrogen) atoms. The van der Waals surface area contributed by atoms with Crippen molar-refractivity contribution in [1.82, 2.24) is 0 Å². The van der Waals surface area contributed by atoms with Gasteiger partial charge < -0.3 is 9.47 Å². The van der Waals surface area contributed by atoms with Gasteiger partial charge in [-0.05, 0) is 49.3 Å². The highest BCUT2D eigenvalue weighted by Gasteiger charge is 2.09. The van der Waals surface area contributed by atoms with Gasteiger partial charge in [0.1, 0.15) is 5.75 Å². The highest BCUT2D eigenvalue weighted by molar-refractivity contribution is 7.99. The number of rotatable bonds is 8. The Morgan fingerprint density at radius 3 is 2.50 bits per heavy atom. The fourth-order valence-electron chi connectivity index (χ4n) is 1.93. The number of thioether (sulfide) groups is 1. The zero-order valence-corrected chi connectivity index (χ0v) is 13.6. The third kappa shape index (κ3) is 6.85. The minimum absolute atomic E-state index is 0.142. The molecule has 0 N–H and O–H groups in total. The van der Waals surface area contributed by atoms with Crippen molar-refractivity contribution < 1.29 is 14.3 Å². The zero-order valence-electron chi connectivity index (χ0n) is 12.8. The average Bonchev–Trinajstić information content (AvgIpc) is 2.37. The second kappa shape index (κ2) is 8.90. The molecule has 0 amide bonds. The van der Waals surface area contributed by atoms with Gasteiger partial charge in [0, 0.05) is 5.25 Å². The summed E-state index contributed by atoms with van der Waals surface area (Å²) < 4.78 is 10.4. The molecule has 1 atom stereocenters. The summed E-state index contributed by atoms with van der Waals surface area (Å²) in [6.07, 6.45) is 1.45. The lowest BCUT2D eigenvalue weighted by Gasteiger charge is -2.11.